The molecule has 208 valence electrons. The molecule has 2 aliphatic heterocycles. The number of aliphatic hydroxyl groups excluding tert-OH is 2. The highest BCUT2D eigenvalue weighted by atomic mass is 35.5. The third-order valence-corrected chi connectivity index (χ3v) is 7.98. The van der Waals surface area contributed by atoms with E-state index in [0.717, 1.165) is 64.1 Å². The number of nitrogens with one attached hydrogen (secondary N) is 1. The maximum Gasteiger partial charge on any atom is 0.273 e. The first-order chi connectivity index (χ1) is 18.3. The van der Waals surface area contributed by atoms with Gasteiger partial charge in [-0.05, 0) is 50.4 Å². The summed E-state index contributed by atoms with van der Waals surface area (Å²) in [7, 11) is 0. The number of hydrogen-bond donors (Lipinski definition) is 4. The molecule has 0 aliphatic carbocycles. The number of carbonyl (C=O) groups excluding carboxylic acids is 1. The van der Waals surface area contributed by atoms with E-state index in [1.807, 2.05) is 0 Å². The van der Waals surface area contributed by atoms with Crippen molar-refractivity contribution >= 4 is 29.1 Å². The molecule has 1 aromatic heterocycles. The predicted octanol–water partition coefficient (Wildman–Crippen LogP) is 1.80. The van der Waals surface area contributed by atoms with Crippen molar-refractivity contribution in [2.45, 2.75) is 58.3 Å². The highest BCUT2D eigenvalue weighted by Gasteiger charge is 2.34. The van der Waals surface area contributed by atoms with E-state index in [4.69, 9.17) is 22.4 Å². The number of piperidine rings is 1. The maximum absolute atomic E-state index is 12.3. The molecule has 2 saturated heterocycles. The van der Waals surface area contributed by atoms with Crippen molar-refractivity contribution in [2.24, 2.45) is 0 Å². The van der Waals surface area contributed by atoms with Gasteiger partial charge < -0.3 is 26.2 Å². The van der Waals surface area contributed by atoms with Crippen LogP contribution in [0.1, 0.15) is 53.4 Å². The van der Waals surface area contributed by atoms with Gasteiger partial charge in [0.2, 0.25) is 0 Å². The van der Waals surface area contributed by atoms with Crippen molar-refractivity contribution in [3.8, 4) is 0 Å². The van der Waals surface area contributed by atoms with E-state index in [0.29, 0.717) is 17.9 Å². The minimum atomic E-state index is -0.505. The number of piperazine rings is 1. The number of aromatic nitrogens is 2. The lowest BCUT2D eigenvalue weighted by atomic mass is 9.97. The van der Waals surface area contributed by atoms with Crippen molar-refractivity contribution in [3.63, 3.8) is 0 Å². The van der Waals surface area contributed by atoms with Crippen molar-refractivity contribution in [1.82, 2.24) is 25.1 Å². The van der Waals surface area contributed by atoms with Gasteiger partial charge >= 0.3 is 0 Å². The smallest absolute Gasteiger partial charge is 0.273 e. The molecular formula is C27H40ClN7O3. The third-order valence-electron chi connectivity index (χ3n) is 7.73. The maximum atomic E-state index is 12.3. The number of benzene rings is 1. The summed E-state index contributed by atoms with van der Waals surface area (Å²) >= 11 is 6.47. The van der Waals surface area contributed by atoms with E-state index in [2.05, 4.69) is 62.0 Å². The molecule has 2 aromatic rings. The molecule has 2 fully saturated rings. The molecule has 11 heteroatoms. The average molecular weight is 546 g/mol. The molecule has 5 N–H and O–H groups in total. The zero-order valence-corrected chi connectivity index (χ0v) is 23.1. The molecule has 1 atom stereocenters. The normalized spacial score (nSPS) is 19.6. The van der Waals surface area contributed by atoms with E-state index in [-0.39, 0.29) is 36.4 Å². The summed E-state index contributed by atoms with van der Waals surface area (Å²) in [5.74, 6) is 0.0317. The Morgan fingerprint density at radius 3 is 2.61 bits per heavy atom. The lowest BCUT2D eigenvalue weighted by Crippen LogP contribution is -2.58. The molecule has 3 heterocycles. The summed E-state index contributed by atoms with van der Waals surface area (Å²) in [5, 5.41) is 21.4. The number of nitrogens with zero attached hydrogens (tertiary/aromatic N) is 5. The summed E-state index contributed by atoms with van der Waals surface area (Å²) in [4.78, 5) is 28.2. The fourth-order valence-corrected chi connectivity index (χ4v) is 5.90. The van der Waals surface area contributed by atoms with Gasteiger partial charge in [0, 0.05) is 44.8 Å². The first-order valence-electron chi connectivity index (χ1n) is 13.5. The van der Waals surface area contributed by atoms with Crippen molar-refractivity contribution < 1.29 is 15.0 Å². The number of halogens is 1. The highest BCUT2D eigenvalue weighted by molar-refractivity contribution is 6.32. The quantitative estimate of drug-likeness (QED) is 0.372. The molecule has 0 bridgehead atoms. The summed E-state index contributed by atoms with van der Waals surface area (Å²) in [6, 6.07) is 7.23. The van der Waals surface area contributed by atoms with Gasteiger partial charge in [0.25, 0.3) is 5.91 Å². The average Bonchev–Trinajstić information content (AvgIpc) is 2.93. The second-order valence-electron chi connectivity index (χ2n) is 10.2. The number of amides is 1. The van der Waals surface area contributed by atoms with Gasteiger partial charge in [0.1, 0.15) is 0 Å². The van der Waals surface area contributed by atoms with Gasteiger partial charge in [-0.2, -0.15) is 0 Å². The number of carbonyl (C=O) groups is 1. The monoisotopic (exact) mass is 545 g/mol. The number of rotatable bonds is 9. The summed E-state index contributed by atoms with van der Waals surface area (Å²) in [6.07, 6.45) is 3.23. The highest BCUT2D eigenvalue weighted by Crippen LogP contribution is 2.30. The van der Waals surface area contributed by atoms with Gasteiger partial charge in [-0.3, -0.25) is 14.6 Å². The van der Waals surface area contributed by atoms with Crippen LogP contribution in [0.3, 0.4) is 0 Å². The van der Waals surface area contributed by atoms with Crippen LogP contribution in [0.5, 0.6) is 0 Å². The molecule has 0 saturated carbocycles. The topological polar surface area (TPSA) is 131 Å². The Hall–Kier alpha value is -2.50. The predicted molar refractivity (Wildman–Crippen MR) is 149 cm³/mol. The molecule has 38 heavy (non-hydrogen) atoms. The van der Waals surface area contributed by atoms with Gasteiger partial charge in [-0.1, -0.05) is 42.3 Å². The Morgan fingerprint density at radius 2 is 1.92 bits per heavy atom. The van der Waals surface area contributed by atoms with Crippen LogP contribution in [-0.2, 0) is 13.2 Å². The van der Waals surface area contributed by atoms with Crippen LogP contribution in [0.4, 0.5) is 11.6 Å². The molecule has 0 unspecified atom stereocenters. The Bertz CT molecular complexity index is 1110. The fraction of sp³-hybridized carbons (Fsp3) is 0.593. The van der Waals surface area contributed by atoms with Crippen LogP contribution < -0.4 is 16.0 Å². The van der Waals surface area contributed by atoms with E-state index in [1.165, 1.54) is 11.1 Å². The van der Waals surface area contributed by atoms with Crippen molar-refractivity contribution in [3.05, 3.63) is 45.7 Å². The van der Waals surface area contributed by atoms with Gasteiger partial charge in [-0.15, -0.1) is 0 Å². The fourth-order valence-electron chi connectivity index (χ4n) is 5.65. The number of anilines is 2. The number of likely N-dealkylation sites (tertiary alicyclic amines) is 1. The number of nitrogen functional groups attached to an aromatic ring is 1. The Morgan fingerprint density at radius 1 is 1.16 bits per heavy atom. The molecule has 1 amide bonds. The van der Waals surface area contributed by atoms with Gasteiger partial charge in [0.15, 0.2) is 22.5 Å². The second kappa shape index (κ2) is 13.0. The Labute approximate surface area is 229 Å². The number of nitrogens with two attached hydrogens (primary N) is 1. The van der Waals surface area contributed by atoms with Crippen LogP contribution in [0, 0.1) is 6.92 Å². The summed E-state index contributed by atoms with van der Waals surface area (Å²) in [5.41, 5.74) is 9.45. The Kier molecular flexibility index (Phi) is 9.78. The van der Waals surface area contributed by atoms with Crippen LogP contribution in [0.2, 0.25) is 5.15 Å². The molecular weight excluding hydrogens is 506 g/mol. The third kappa shape index (κ3) is 6.55. The molecule has 0 spiro atoms. The SMILES string of the molecule is CC[C@H]1CN(c2nc(N)c(C(=O)NCCO)nc2Cl)CCN1C1CCN(Cc2ccc(C)cc2CO)CC1. The molecule has 0 radical (unpaired) electrons. The van der Waals surface area contributed by atoms with Crippen LogP contribution in [0.25, 0.3) is 0 Å². The van der Waals surface area contributed by atoms with Crippen LogP contribution >= 0.6 is 11.6 Å². The largest absolute Gasteiger partial charge is 0.395 e. The molecule has 10 nitrogen and oxygen atoms in total. The minimum Gasteiger partial charge on any atom is -0.395 e. The zero-order chi connectivity index (χ0) is 27.2. The minimum absolute atomic E-state index is 0.0265. The number of hydrogen-bond acceptors (Lipinski definition) is 9. The lowest BCUT2D eigenvalue weighted by molar-refractivity contribution is 0.0608. The van der Waals surface area contributed by atoms with Crippen molar-refractivity contribution in [1.29, 1.82) is 0 Å². The molecule has 2 aliphatic rings. The Balaban J connectivity index is 1.36. The second-order valence-corrected chi connectivity index (χ2v) is 10.6. The van der Waals surface area contributed by atoms with Gasteiger partial charge in [0.05, 0.1) is 13.2 Å². The van der Waals surface area contributed by atoms with Crippen LogP contribution in [0.15, 0.2) is 18.2 Å². The number of aliphatic hydroxyl groups is 2. The molecule has 4 rings (SSSR count). The van der Waals surface area contributed by atoms with E-state index < -0.39 is 5.91 Å². The summed E-state index contributed by atoms with van der Waals surface area (Å²) < 4.78 is 0. The van der Waals surface area contributed by atoms with E-state index in [9.17, 15) is 9.90 Å². The first kappa shape index (κ1) is 28.5. The van der Waals surface area contributed by atoms with Crippen LogP contribution in [-0.4, -0.2) is 93.8 Å². The lowest BCUT2D eigenvalue weighted by Gasteiger charge is -2.47. The van der Waals surface area contributed by atoms with E-state index in [1.54, 1.807) is 0 Å². The standard InChI is InChI=1S/C27H40ClN7O3/c1-3-21-16-34(26-24(28)31-23(25(29)32-26)27(38)30-8-13-36)11-12-35(21)22-6-9-33(10-7-22)15-19-5-4-18(2)14-20(19)17-37/h4-5,14,21-22,36-37H,3,6-13,15-17H2,1-2H3,(H2,29,32)(H,30,38)/t21-/m0/s1. The number of aryl methyl sites for hydroxylation is 1. The molecule has 1 aromatic carbocycles. The zero-order valence-electron chi connectivity index (χ0n) is 22.4. The first-order valence-corrected chi connectivity index (χ1v) is 13.9. The van der Waals surface area contributed by atoms with E-state index >= 15 is 0 Å². The summed E-state index contributed by atoms with van der Waals surface area (Å²) in [6.45, 7) is 9.64. The van der Waals surface area contributed by atoms with Crippen molar-refractivity contribution in [2.75, 3.05) is 56.5 Å². The van der Waals surface area contributed by atoms with Gasteiger partial charge in [-0.25, -0.2) is 9.97 Å².